The molecule has 10 nitrogen and oxygen atoms in total. The molecule has 0 fully saturated rings. The molecule has 18 rings (SSSR count). The SMILES string of the molecule is c1ccc(-c2cc(N(c3ccc4c(c3)oc3c[n+](-c5cc6oc7ccc(N(c8ccc9c(c8)oc8ncccc89)c8cc9ccccc9c9ccccc89)cc7c6cn5)ccc34)c3ccc4oc5ccncc5c4c3)c3ccccc3c2)cc1. The normalized spacial score (nSPS) is 12.0. The van der Waals surface area contributed by atoms with E-state index in [1.807, 2.05) is 47.6 Å². The van der Waals surface area contributed by atoms with Gasteiger partial charge in [0.2, 0.25) is 5.71 Å². The van der Waals surface area contributed by atoms with E-state index in [4.69, 9.17) is 22.7 Å². The fraction of sp³-hybridized carbons (Fsp3) is 0. The van der Waals surface area contributed by atoms with Crippen molar-refractivity contribution in [2.24, 2.45) is 0 Å². The lowest BCUT2D eigenvalue weighted by atomic mass is 9.98. The second-order valence-corrected chi connectivity index (χ2v) is 21.4. The molecule has 0 bridgehead atoms. The molecule has 84 heavy (non-hydrogen) atoms. The summed E-state index contributed by atoms with van der Waals surface area (Å²) in [5.74, 6) is 0.691. The highest BCUT2D eigenvalue weighted by Gasteiger charge is 2.25. The standard InChI is InChI=1S/C74H43N6O4/c1-2-11-44(12-3-1)47-33-45-13-5-7-16-53(45)64(35-47)79(48-22-26-66-60(36-48)62-41-75-31-28-68(62)81-66)50-20-24-56-58-29-32-78(43-72(58)83-69(56)38-50)73-40-71-63(42-77-73)61-37-49(23-27-67(61)82-71)80(51-21-25-57-59-19-10-30-76-74(59)84-70(57)39-51)65-34-46-14-4-6-15-52(46)54-17-8-9-18-55(54)65/h1-43H/q+1. The molecule has 392 valence electrons. The summed E-state index contributed by atoms with van der Waals surface area (Å²) >= 11 is 0. The zero-order valence-electron chi connectivity index (χ0n) is 44.6. The fourth-order valence-corrected chi connectivity index (χ4v) is 12.8. The number of pyridine rings is 4. The van der Waals surface area contributed by atoms with Crippen LogP contribution in [0.15, 0.2) is 279 Å². The van der Waals surface area contributed by atoms with Crippen molar-refractivity contribution in [3.05, 3.63) is 262 Å². The summed E-state index contributed by atoms with van der Waals surface area (Å²) in [6.45, 7) is 0. The van der Waals surface area contributed by atoms with Crippen LogP contribution in [0.25, 0.3) is 137 Å². The van der Waals surface area contributed by atoms with Gasteiger partial charge >= 0.3 is 5.82 Å². The second kappa shape index (κ2) is 17.9. The summed E-state index contributed by atoms with van der Waals surface area (Å²) in [6, 6.07) is 78.9. The minimum atomic E-state index is 0.613. The van der Waals surface area contributed by atoms with Crippen molar-refractivity contribution in [3.8, 4) is 16.9 Å². The van der Waals surface area contributed by atoms with Crippen LogP contribution >= 0.6 is 0 Å². The molecule has 8 heterocycles. The Hall–Kier alpha value is -11.6. The molecule has 0 amide bonds. The summed E-state index contributed by atoms with van der Waals surface area (Å²) in [5.41, 5.74) is 14.1. The van der Waals surface area contributed by atoms with Gasteiger partial charge in [0.1, 0.15) is 39.7 Å². The molecular formula is C74H43N6O4+. The van der Waals surface area contributed by atoms with Crippen LogP contribution in [0.3, 0.4) is 0 Å². The van der Waals surface area contributed by atoms with Gasteiger partial charge in [-0.05, 0) is 141 Å². The van der Waals surface area contributed by atoms with Gasteiger partial charge in [-0.1, -0.05) is 103 Å². The van der Waals surface area contributed by atoms with Crippen LogP contribution in [-0.4, -0.2) is 15.0 Å². The average Bonchev–Trinajstić information content (AvgIpc) is 3.12. The summed E-state index contributed by atoms with van der Waals surface area (Å²) in [6.07, 6.45) is 11.4. The molecule has 10 aromatic carbocycles. The first kappa shape index (κ1) is 46.2. The lowest BCUT2D eigenvalue weighted by Gasteiger charge is -2.27. The lowest BCUT2D eigenvalue weighted by molar-refractivity contribution is -0.598. The number of nitrogens with zero attached hydrogens (tertiary/aromatic N) is 6. The van der Waals surface area contributed by atoms with Crippen LogP contribution in [0.2, 0.25) is 0 Å². The van der Waals surface area contributed by atoms with Gasteiger partial charge in [0.15, 0.2) is 11.8 Å². The molecule has 8 aromatic heterocycles. The minimum Gasteiger partial charge on any atom is -0.456 e. The molecule has 0 atom stereocenters. The number of fused-ring (bicyclic) bond motifs is 16. The third-order valence-electron chi connectivity index (χ3n) is 16.7. The Balaban J connectivity index is 0.745. The molecular weight excluding hydrogens is 1040 g/mol. The number of furan rings is 4. The fourth-order valence-electron chi connectivity index (χ4n) is 12.8. The van der Waals surface area contributed by atoms with Crippen LogP contribution in [0.5, 0.6) is 0 Å². The van der Waals surface area contributed by atoms with Crippen molar-refractivity contribution < 1.29 is 22.2 Å². The Kier molecular flexibility index (Phi) is 9.86. The van der Waals surface area contributed by atoms with E-state index in [1.165, 1.54) is 10.8 Å². The Morgan fingerprint density at radius 3 is 1.67 bits per heavy atom. The van der Waals surface area contributed by atoms with Gasteiger partial charge in [-0.3, -0.25) is 4.98 Å². The van der Waals surface area contributed by atoms with Gasteiger partial charge in [-0.25, -0.2) is 4.98 Å². The number of aromatic nitrogens is 4. The zero-order valence-corrected chi connectivity index (χ0v) is 44.6. The quantitative estimate of drug-likeness (QED) is 0.109. The van der Waals surface area contributed by atoms with Gasteiger partial charge in [0.05, 0.1) is 29.0 Å². The number of anilines is 6. The summed E-state index contributed by atoms with van der Waals surface area (Å²) in [7, 11) is 0. The number of hydrogen-bond donors (Lipinski definition) is 0. The van der Waals surface area contributed by atoms with E-state index in [0.717, 1.165) is 149 Å². The van der Waals surface area contributed by atoms with E-state index < -0.39 is 0 Å². The van der Waals surface area contributed by atoms with Gasteiger partial charge in [0, 0.05) is 102 Å². The smallest absolute Gasteiger partial charge is 0.331 e. The Labute approximate surface area is 477 Å². The van der Waals surface area contributed by atoms with E-state index in [-0.39, 0.29) is 0 Å². The lowest BCUT2D eigenvalue weighted by Crippen LogP contribution is -2.30. The first-order valence-electron chi connectivity index (χ1n) is 27.9. The van der Waals surface area contributed by atoms with E-state index in [9.17, 15) is 0 Å². The minimum absolute atomic E-state index is 0.613. The van der Waals surface area contributed by atoms with Crippen LogP contribution in [0, 0.1) is 0 Å². The maximum Gasteiger partial charge on any atom is 0.331 e. The topological polar surface area (TPSA) is 102 Å². The van der Waals surface area contributed by atoms with Crippen molar-refractivity contribution in [2.75, 3.05) is 9.80 Å². The molecule has 0 N–H and O–H groups in total. The highest BCUT2D eigenvalue weighted by atomic mass is 16.3. The third kappa shape index (κ3) is 7.17. The molecule has 0 aliphatic heterocycles. The molecule has 18 aromatic rings. The van der Waals surface area contributed by atoms with Crippen LogP contribution < -0.4 is 14.4 Å². The molecule has 0 radical (unpaired) electrons. The number of rotatable bonds is 8. The zero-order chi connectivity index (χ0) is 55.0. The Bertz CT molecular complexity index is 5740. The van der Waals surface area contributed by atoms with Gasteiger partial charge in [0.25, 0.3) is 0 Å². The molecule has 0 saturated heterocycles. The second-order valence-electron chi connectivity index (χ2n) is 21.4. The first-order valence-corrected chi connectivity index (χ1v) is 27.9. The van der Waals surface area contributed by atoms with Crippen molar-refractivity contribution in [3.63, 3.8) is 0 Å². The Morgan fingerprint density at radius 2 is 0.881 bits per heavy atom. The van der Waals surface area contributed by atoms with E-state index in [0.29, 0.717) is 11.5 Å². The van der Waals surface area contributed by atoms with E-state index in [1.54, 1.807) is 12.4 Å². The molecule has 0 aliphatic rings. The van der Waals surface area contributed by atoms with Crippen LogP contribution in [0.1, 0.15) is 0 Å². The van der Waals surface area contributed by atoms with Crippen molar-refractivity contribution in [1.82, 2.24) is 15.0 Å². The van der Waals surface area contributed by atoms with E-state index in [2.05, 4.69) is 226 Å². The average molecular weight is 1080 g/mol. The maximum atomic E-state index is 6.87. The molecule has 10 heteroatoms. The number of benzene rings is 10. The van der Waals surface area contributed by atoms with Crippen LogP contribution in [0.4, 0.5) is 34.1 Å². The Morgan fingerprint density at radius 1 is 0.310 bits per heavy atom. The van der Waals surface area contributed by atoms with Crippen molar-refractivity contribution in [1.29, 1.82) is 0 Å². The summed E-state index contributed by atoms with van der Waals surface area (Å²) in [4.78, 5) is 18.7. The highest BCUT2D eigenvalue weighted by molar-refractivity contribution is 6.16. The number of hydrogen-bond acceptors (Lipinski definition) is 9. The van der Waals surface area contributed by atoms with Gasteiger partial charge in [-0.2, -0.15) is 4.57 Å². The van der Waals surface area contributed by atoms with Gasteiger partial charge < -0.3 is 27.5 Å². The molecule has 0 aliphatic carbocycles. The van der Waals surface area contributed by atoms with Gasteiger partial charge in [-0.15, -0.1) is 0 Å². The molecule has 0 spiro atoms. The highest BCUT2D eigenvalue weighted by Crippen LogP contribution is 2.47. The van der Waals surface area contributed by atoms with Crippen molar-refractivity contribution >= 4 is 154 Å². The summed E-state index contributed by atoms with van der Waals surface area (Å²) < 4.78 is 28.2. The maximum absolute atomic E-state index is 6.87. The summed E-state index contributed by atoms with van der Waals surface area (Å²) in [5, 5.41) is 14.7. The van der Waals surface area contributed by atoms with Crippen molar-refractivity contribution in [2.45, 2.75) is 0 Å². The first-order chi connectivity index (χ1) is 41.6. The largest absolute Gasteiger partial charge is 0.456 e. The third-order valence-corrected chi connectivity index (χ3v) is 16.7. The molecule has 0 unspecified atom stereocenters. The van der Waals surface area contributed by atoms with E-state index >= 15 is 0 Å². The monoisotopic (exact) mass is 1080 g/mol. The predicted molar refractivity (Wildman–Crippen MR) is 338 cm³/mol. The molecule has 0 saturated carbocycles. The van der Waals surface area contributed by atoms with Crippen LogP contribution in [-0.2, 0) is 0 Å². The predicted octanol–water partition coefficient (Wildman–Crippen LogP) is 19.8.